The Labute approximate surface area is 229 Å². The highest BCUT2D eigenvalue weighted by Crippen LogP contribution is 2.36. The highest BCUT2D eigenvalue weighted by atomic mass is 15.1. The molecule has 6 nitrogen and oxygen atoms in total. The summed E-state index contributed by atoms with van der Waals surface area (Å²) >= 11 is 0. The number of fused-ring (bicyclic) bond motifs is 4. The molecule has 0 saturated heterocycles. The average molecular weight is 515 g/mol. The van der Waals surface area contributed by atoms with Gasteiger partial charge in [-0.15, -0.1) is 0 Å². The predicted octanol–water partition coefficient (Wildman–Crippen LogP) is 7.64. The van der Waals surface area contributed by atoms with Gasteiger partial charge in [-0.1, -0.05) is 60.7 Å². The van der Waals surface area contributed by atoms with Gasteiger partial charge in [-0.25, -0.2) is 15.0 Å². The second-order valence-electron chi connectivity index (χ2n) is 9.67. The van der Waals surface area contributed by atoms with Crippen molar-refractivity contribution in [3.05, 3.63) is 134 Å². The average Bonchev–Trinajstić information content (AvgIpc) is 3.65. The Kier molecular flexibility index (Phi) is 5.03. The molecule has 8 aromatic rings. The van der Waals surface area contributed by atoms with Gasteiger partial charge in [0.05, 0.1) is 34.1 Å². The summed E-state index contributed by atoms with van der Waals surface area (Å²) in [6.07, 6.45) is 7.44. The van der Waals surface area contributed by atoms with Crippen molar-refractivity contribution < 1.29 is 0 Å². The van der Waals surface area contributed by atoms with Crippen LogP contribution in [0.1, 0.15) is 0 Å². The van der Waals surface area contributed by atoms with Crippen molar-refractivity contribution in [2.24, 2.45) is 0 Å². The minimum Gasteiger partial charge on any atom is -0.308 e. The molecule has 8 rings (SSSR count). The van der Waals surface area contributed by atoms with Gasteiger partial charge < -0.3 is 4.57 Å². The highest BCUT2D eigenvalue weighted by Gasteiger charge is 2.18. The number of nitrogens with zero attached hydrogens (tertiary/aromatic N) is 6. The van der Waals surface area contributed by atoms with Crippen LogP contribution in [0.5, 0.6) is 0 Å². The Morgan fingerprint density at radius 1 is 0.575 bits per heavy atom. The maximum Gasteiger partial charge on any atom is 0.197 e. The predicted molar refractivity (Wildman–Crippen MR) is 160 cm³/mol. The maximum atomic E-state index is 5.14. The van der Waals surface area contributed by atoms with Crippen LogP contribution in [-0.4, -0.2) is 29.1 Å². The molecule has 0 atom stereocenters. The summed E-state index contributed by atoms with van der Waals surface area (Å²) in [7, 11) is 0. The normalized spacial score (nSPS) is 11.5. The van der Waals surface area contributed by atoms with Crippen LogP contribution in [0.2, 0.25) is 0 Å². The van der Waals surface area contributed by atoms with Crippen molar-refractivity contribution in [1.82, 2.24) is 29.1 Å². The molecular weight excluding hydrogens is 492 g/mol. The molecule has 0 saturated carbocycles. The number of benzene rings is 4. The van der Waals surface area contributed by atoms with Crippen LogP contribution in [0, 0.1) is 0 Å². The number of hydrogen-bond donors (Lipinski definition) is 0. The molecule has 0 aliphatic carbocycles. The monoisotopic (exact) mass is 514 g/mol. The number of hydrogen-bond acceptors (Lipinski definition) is 4. The Bertz CT molecular complexity index is 2160. The third kappa shape index (κ3) is 3.50. The van der Waals surface area contributed by atoms with E-state index in [4.69, 9.17) is 9.97 Å². The number of rotatable bonds is 4. The maximum absolute atomic E-state index is 5.14. The molecule has 4 aromatic carbocycles. The van der Waals surface area contributed by atoms with E-state index in [0.29, 0.717) is 11.6 Å². The van der Waals surface area contributed by atoms with E-state index in [2.05, 4.69) is 81.3 Å². The lowest BCUT2D eigenvalue weighted by molar-refractivity contribution is 1.03. The molecule has 40 heavy (non-hydrogen) atoms. The molecule has 188 valence electrons. The number of aromatic nitrogens is 6. The zero-order chi connectivity index (χ0) is 26.5. The Morgan fingerprint density at radius 3 is 2.23 bits per heavy atom. The molecule has 0 fully saturated rings. The van der Waals surface area contributed by atoms with E-state index in [9.17, 15) is 0 Å². The van der Waals surface area contributed by atoms with Crippen LogP contribution >= 0.6 is 0 Å². The van der Waals surface area contributed by atoms with Gasteiger partial charge in [0.2, 0.25) is 0 Å². The molecule has 0 spiro atoms. The standard InChI is InChI=1S/C34H22N6/c1-2-9-24(10-3-1)39-20-19-36-34(39)33-37-29-14-6-4-13-27(29)32(38-33)23-16-17-31-28(21-23)26-12-5-7-15-30(26)40(31)25-11-8-18-35-22-25/h1-22H. The second kappa shape index (κ2) is 8.99. The van der Waals surface area contributed by atoms with E-state index in [1.165, 1.54) is 5.39 Å². The summed E-state index contributed by atoms with van der Waals surface area (Å²) in [6, 6.07) is 37.4. The number of para-hydroxylation sites is 3. The van der Waals surface area contributed by atoms with Crippen LogP contribution < -0.4 is 0 Å². The van der Waals surface area contributed by atoms with E-state index in [0.717, 1.165) is 50.0 Å². The molecule has 4 aromatic heterocycles. The first kappa shape index (κ1) is 22.4. The smallest absolute Gasteiger partial charge is 0.197 e. The minimum absolute atomic E-state index is 0.584. The molecule has 0 amide bonds. The van der Waals surface area contributed by atoms with Crippen molar-refractivity contribution >= 4 is 32.7 Å². The zero-order valence-electron chi connectivity index (χ0n) is 21.4. The summed E-state index contributed by atoms with van der Waals surface area (Å²) in [5.41, 5.74) is 7.09. The fourth-order valence-corrected chi connectivity index (χ4v) is 5.55. The fraction of sp³-hybridized carbons (Fsp3) is 0. The summed E-state index contributed by atoms with van der Waals surface area (Å²) < 4.78 is 4.29. The third-order valence-electron chi connectivity index (χ3n) is 7.33. The first-order chi connectivity index (χ1) is 19.8. The minimum atomic E-state index is 0.584. The van der Waals surface area contributed by atoms with E-state index in [1.807, 2.05) is 59.4 Å². The van der Waals surface area contributed by atoms with Crippen LogP contribution in [0.15, 0.2) is 134 Å². The molecule has 4 heterocycles. The van der Waals surface area contributed by atoms with Gasteiger partial charge in [0, 0.05) is 46.0 Å². The SMILES string of the molecule is c1ccc(-n2ccnc2-c2nc(-c3ccc4c(c3)c3ccccc3n4-c3cccnc3)c3ccccc3n2)cc1. The van der Waals surface area contributed by atoms with Crippen molar-refractivity contribution in [1.29, 1.82) is 0 Å². The molecule has 0 N–H and O–H groups in total. The Hall–Kier alpha value is -5.62. The molecule has 0 radical (unpaired) electrons. The second-order valence-corrected chi connectivity index (χ2v) is 9.67. The summed E-state index contributed by atoms with van der Waals surface area (Å²) in [5, 5.41) is 3.34. The van der Waals surface area contributed by atoms with Crippen LogP contribution in [-0.2, 0) is 0 Å². The van der Waals surface area contributed by atoms with Gasteiger partial charge >= 0.3 is 0 Å². The first-order valence-electron chi connectivity index (χ1n) is 13.1. The zero-order valence-corrected chi connectivity index (χ0v) is 21.4. The van der Waals surface area contributed by atoms with Crippen molar-refractivity contribution in [3.63, 3.8) is 0 Å². The van der Waals surface area contributed by atoms with Gasteiger partial charge in [0.1, 0.15) is 0 Å². The number of pyridine rings is 1. The summed E-state index contributed by atoms with van der Waals surface area (Å²) in [6.45, 7) is 0. The Balaban J connectivity index is 1.37. The van der Waals surface area contributed by atoms with Crippen LogP contribution in [0.25, 0.3) is 67.0 Å². The lowest BCUT2D eigenvalue weighted by Crippen LogP contribution is -2.01. The van der Waals surface area contributed by atoms with E-state index in [-0.39, 0.29) is 0 Å². The molecule has 0 unspecified atom stereocenters. The lowest BCUT2D eigenvalue weighted by Gasteiger charge is -2.11. The van der Waals surface area contributed by atoms with Gasteiger partial charge in [-0.3, -0.25) is 9.55 Å². The third-order valence-corrected chi connectivity index (χ3v) is 7.33. The largest absolute Gasteiger partial charge is 0.308 e. The summed E-state index contributed by atoms with van der Waals surface area (Å²) in [5.74, 6) is 1.29. The van der Waals surface area contributed by atoms with E-state index < -0.39 is 0 Å². The quantitative estimate of drug-likeness (QED) is 0.242. The molecule has 0 bridgehead atoms. The van der Waals surface area contributed by atoms with Crippen LogP contribution in [0.4, 0.5) is 0 Å². The van der Waals surface area contributed by atoms with Crippen molar-refractivity contribution in [2.45, 2.75) is 0 Å². The van der Waals surface area contributed by atoms with Gasteiger partial charge in [-0.05, 0) is 48.5 Å². The summed E-state index contributed by atoms with van der Waals surface area (Å²) in [4.78, 5) is 19.1. The van der Waals surface area contributed by atoms with Crippen molar-refractivity contribution in [2.75, 3.05) is 0 Å². The van der Waals surface area contributed by atoms with Gasteiger partial charge in [0.25, 0.3) is 0 Å². The van der Waals surface area contributed by atoms with Gasteiger partial charge in [0.15, 0.2) is 11.6 Å². The van der Waals surface area contributed by atoms with Gasteiger partial charge in [-0.2, -0.15) is 0 Å². The Morgan fingerprint density at radius 2 is 1.35 bits per heavy atom. The topological polar surface area (TPSA) is 61.4 Å². The molecule has 6 heteroatoms. The van der Waals surface area contributed by atoms with E-state index in [1.54, 1.807) is 12.4 Å². The van der Waals surface area contributed by atoms with Crippen molar-refractivity contribution in [3.8, 4) is 34.3 Å². The van der Waals surface area contributed by atoms with Crippen LogP contribution in [0.3, 0.4) is 0 Å². The lowest BCUT2D eigenvalue weighted by atomic mass is 10.0. The fourth-order valence-electron chi connectivity index (χ4n) is 5.55. The first-order valence-corrected chi connectivity index (χ1v) is 13.1. The highest BCUT2D eigenvalue weighted by molar-refractivity contribution is 6.11. The number of imidazole rings is 1. The van der Waals surface area contributed by atoms with E-state index >= 15 is 0 Å². The molecule has 0 aliphatic heterocycles. The molecule has 0 aliphatic rings. The molecular formula is C34H22N6.